The number of benzene rings is 1. The molecule has 5 heteroatoms. The third kappa shape index (κ3) is 5.01. The predicted octanol–water partition coefficient (Wildman–Crippen LogP) is 3.65. The van der Waals surface area contributed by atoms with Crippen LogP contribution in [0.15, 0.2) is 66.6 Å². The Morgan fingerprint density at radius 1 is 1.21 bits per heavy atom. The minimum Gasteiger partial charge on any atom is -0.298 e. The zero-order chi connectivity index (χ0) is 18.2. The first kappa shape index (κ1) is 20.1. The minimum atomic E-state index is -3.75. The Labute approximate surface area is 145 Å². The van der Waals surface area contributed by atoms with Crippen LogP contribution >= 0.6 is 0 Å². The molecule has 0 unspecified atom stereocenters. The van der Waals surface area contributed by atoms with Crippen molar-refractivity contribution < 1.29 is 13.2 Å². The number of nitrogens with zero attached hydrogens (tertiary/aromatic N) is 1. The lowest BCUT2D eigenvalue weighted by Gasteiger charge is -2.30. The molecule has 0 saturated heterocycles. The predicted molar refractivity (Wildman–Crippen MR) is 98.3 cm³/mol. The van der Waals surface area contributed by atoms with E-state index in [1.807, 2.05) is 6.92 Å². The Hall–Kier alpha value is -1.98. The molecule has 1 atom stereocenters. The second-order valence-corrected chi connectivity index (χ2v) is 7.50. The summed E-state index contributed by atoms with van der Waals surface area (Å²) in [4.78, 5) is 11.4. The number of rotatable bonds is 11. The van der Waals surface area contributed by atoms with Crippen LogP contribution in [-0.4, -0.2) is 31.6 Å². The van der Waals surface area contributed by atoms with Crippen LogP contribution in [0.1, 0.15) is 24.8 Å². The molecule has 0 aliphatic carbocycles. The molecular weight excluding hydrogens is 322 g/mol. The summed E-state index contributed by atoms with van der Waals surface area (Å²) in [5, 5.41) is 0. The van der Waals surface area contributed by atoms with Gasteiger partial charge in [0.25, 0.3) is 0 Å². The van der Waals surface area contributed by atoms with Crippen LogP contribution in [0.4, 0.5) is 0 Å². The second kappa shape index (κ2) is 9.35. The number of hydrogen-bond donors (Lipinski definition) is 0. The number of carbonyl (C=O) groups is 1. The molecule has 0 saturated carbocycles. The van der Waals surface area contributed by atoms with Gasteiger partial charge in [0.05, 0.1) is 10.9 Å². The van der Waals surface area contributed by atoms with Gasteiger partial charge in [0.1, 0.15) is 6.29 Å². The van der Waals surface area contributed by atoms with Crippen molar-refractivity contribution in [1.29, 1.82) is 0 Å². The lowest BCUT2D eigenvalue weighted by atomic mass is 10.0. The van der Waals surface area contributed by atoms with Gasteiger partial charge in [-0.05, 0) is 38.3 Å². The number of allylic oxidation sites excluding steroid dienone is 1. The molecule has 0 heterocycles. The molecule has 24 heavy (non-hydrogen) atoms. The van der Waals surface area contributed by atoms with E-state index in [0.717, 1.165) is 18.4 Å². The fraction of sp³-hybridized carbons (Fsp3) is 0.316. The molecule has 130 valence electrons. The van der Waals surface area contributed by atoms with Crippen molar-refractivity contribution in [2.24, 2.45) is 0 Å². The Kier molecular flexibility index (Phi) is 7.82. The summed E-state index contributed by atoms with van der Waals surface area (Å²) in [6, 6.07) is 6.06. The van der Waals surface area contributed by atoms with E-state index in [9.17, 15) is 13.2 Å². The van der Waals surface area contributed by atoms with Crippen LogP contribution in [0.2, 0.25) is 0 Å². The van der Waals surface area contributed by atoms with Gasteiger partial charge in [0, 0.05) is 12.1 Å². The third-order valence-electron chi connectivity index (χ3n) is 3.75. The zero-order valence-corrected chi connectivity index (χ0v) is 15.0. The maximum atomic E-state index is 13.0. The Morgan fingerprint density at radius 2 is 1.83 bits per heavy atom. The highest BCUT2D eigenvalue weighted by atomic mass is 32.2. The fourth-order valence-electron chi connectivity index (χ4n) is 2.41. The molecule has 0 aromatic heterocycles. The topological polar surface area (TPSA) is 54.5 Å². The van der Waals surface area contributed by atoms with Crippen LogP contribution in [-0.2, 0) is 14.8 Å². The van der Waals surface area contributed by atoms with Crippen molar-refractivity contribution in [3.8, 4) is 0 Å². The summed E-state index contributed by atoms with van der Waals surface area (Å²) < 4.78 is 27.4. The van der Waals surface area contributed by atoms with Crippen LogP contribution in [0.3, 0.4) is 0 Å². The van der Waals surface area contributed by atoms with Gasteiger partial charge < -0.3 is 0 Å². The average molecular weight is 347 g/mol. The molecule has 0 amide bonds. The molecule has 0 aliphatic rings. The number of sulfonamides is 1. The fourth-order valence-corrected chi connectivity index (χ4v) is 4.04. The Balaban J connectivity index is 3.26. The molecule has 0 aliphatic heterocycles. The van der Waals surface area contributed by atoms with Gasteiger partial charge in [-0.3, -0.25) is 4.79 Å². The van der Waals surface area contributed by atoms with E-state index in [4.69, 9.17) is 0 Å². The number of unbranched alkanes of at least 4 members (excludes halogenated alkanes) is 1. The van der Waals surface area contributed by atoms with Gasteiger partial charge in [-0.15, -0.1) is 13.2 Å². The smallest absolute Gasteiger partial charge is 0.243 e. The molecule has 4 nitrogen and oxygen atoms in total. The van der Waals surface area contributed by atoms with Gasteiger partial charge in [0.2, 0.25) is 10.0 Å². The molecule has 1 aromatic rings. The number of carbonyl (C=O) groups excluding carboxylic acids is 1. The molecule has 0 N–H and O–H groups in total. The van der Waals surface area contributed by atoms with Crippen LogP contribution in [0, 0.1) is 6.92 Å². The van der Waals surface area contributed by atoms with Gasteiger partial charge in [-0.1, -0.05) is 36.4 Å². The van der Waals surface area contributed by atoms with Crippen molar-refractivity contribution in [3.63, 3.8) is 0 Å². The van der Waals surface area contributed by atoms with E-state index >= 15 is 0 Å². The van der Waals surface area contributed by atoms with Crippen LogP contribution < -0.4 is 0 Å². The van der Waals surface area contributed by atoms with Gasteiger partial charge >= 0.3 is 0 Å². The summed E-state index contributed by atoms with van der Waals surface area (Å²) in [6.07, 6.45) is 5.88. The van der Waals surface area contributed by atoms with Crippen molar-refractivity contribution in [2.75, 3.05) is 6.54 Å². The van der Waals surface area contributed by atoms with E-state index in [2.05, 4.69) is 19.7 Å². The molecule has 0 radical (unpaired) electrons. The van der Waals surface area contributed by atoms with Gasteiger partial charge in [0.15, 0.2) is 0 Å². The summed E-state index contributed by atoms with van der Waals surface area (Å²) in [6.45, 7) is 13.1. The van der Waals surface area contributed by atoms with E-state index in [0.29, 0.717) is 12.7 Å². The first-order valence-electron chi connectivity index (χ1n) is 7.82. The zero-order valence-electron chi connectivity index (χ0n) is 14.1. The van der Waals surface area contributed by atoms with Crippen molar-refractivity contribution >= 4 is 16.3 Å². The third-order valence-corrected chi connectivity index (χ3v) is 5.64. The monoisotopic (exact) mass is 347 g/mol. The highest BCUT2D eigenvalue weighted by Gasteiger charge is 2.31. The molecule has 0 fully saturated rings. The summed E-state index contributed by atoms with van der Waals surface area (Å²) in [7, 11) is -3.75. The molecule has 0 spiro atoms. The first-order valence-corrected chi connectivity index (χ1v) is 9.26. The van der Waals surface area contributed by atoms with E-state index < -0.39 is 16.1 Å². The Bertz CT molecular complexity index is 690. The normalized spacial score (nSPS) is 12.6. The minimum absolute atomic E-state index is 0.113. The Morgan fingerprint density at radius 3 is 2.33 bits per heavy atom. The quantitative estimate of drug-likeness (QED) is 0.266. The largest absolute Gasteiger partial charge is 0.298 e. The molecule has 1 aromatic carbocycles. The van der Waals surface area contributed by atoms with Gasteiger partial charge in [-0.25, -0.2) is 8.42 Å². The standard InChI is InChI=1S/C19H25NO3S/c1-5-7-8-9-19(17(4)15-21)20(14-6-2)24(22,23)18-12-10-16(3)11-13-18/h5-6,10-13,15,19H,1-2,4,7-9,14H2,3H3/t19-/m0/s1. The molecule has 1 rings (SSSR count). The second-order valence-electron chi connectivity index (χ2n) is 5.60. The summed E-state index contributed by atoms with van der Waals surface area (Å²) in [5.74, 6) is 0. The lowest BCUT2D eigenvalue weighted by Crippen LogP contribution is -2.41. The molecular formula is C19H25NO3S. The highest BCUT2D eigenvalue weighted by Crippen LogP contribution is 2.24. The number of hydrogen-bond acceptors (Lipinski definition) is 3. The maximum absolute atomic E-state index is 13.0. The molecule has 0 bridgehead atoms. The van der Waals surface area contributed by atoms with Crippen LogP contribution in [0.25, 0.3) is 0 Å². The number of aryl methyl sites for hydroxylation is 1. The van der Waals surface area contributed by atoms with Gasteiger partial charge in [-0.2, -0.15) is 4.31 Å². The maximum Gasteiger partial charge on any atom is 0.243 e. The van der Waals surface area contributed by atoms with E-state index in [-0.39, 0.29) is 17.0 Å². The van der Waals surface area contributed by atoms with Crippen molar-refractivity contribution in [1.82, 2.24) is 4.31 Å². The average Bonchev–Trinajstić information content (AvgIpc) is 2.57. The highest BCUT2D eigenvalue weighted by molar-refractivity contribution is 7.89. The first-order chi connectivity index (χ1) is 11.4. The van der Waals surface area contributed by atoms with Crippen LogP contribution in [0.5, 0.6) is 0 Å². The van der Waals surface area contributed by atoms with E-state index in [1.165, 1.54) is 10.4 Å². The lowest BCUT2D eigenvalue weighted by molar-refractivity contribution is -0.105. The summed E-state index contributed by atoms with van der Waals surface area (Å²) in [5.41, 5.74) is 1.22. The summed E-state index contributed by atoms with van der Waals surface area (Å²) >= 11 is 0. The number of aldehydes is 1. The SMILES string of the molecule is C=CCCC[C@@H](C(=C)C=O)N(CC=C)S(=O)(=O)c1ccc(C)cc1. The van der Waals surface area contributed by atoms with E-state index in [1.54, 1.807) is 30.3 Å². The van der Waals surface area contributed by atoms with Crippen molar-refractivity contribution in [2.45, 2.75) is 37.1 Å². The van der Waals surface area contributed by atoms with Crippen molar-refractivity contribution in [3.05, 3.63) is 67.3 Å².